The molecule has 2 aromatic carbocycles. The van der Waals surface area contributed by atoms with Crippen molar-refractivity contribution in [3.63, 3.8) is 0 Å². The topological polar surface area (TPSA) is 111 Å². The lowest BCUT2D eigenvalue weighted by Gasteiger charge is -2.28. The molecule has 0 spiro atoms. The molecule has 0 aliphatic carbocycles. The molecule has 4 heterocycles. The first-order valence-corrected chi connectivity index (χ1v) is 14.4. The van der Waals surface area contributed by atoms with Crippen LogP contribution in [0.15, 0.2) is 67.0 Å². The van der Waals surface area contributed by atoms with Crippen LogP contribution in [0.2, 0.25) is 10.0 Å². The Balaban J connectivity index is 1.45. The Labute approximate surface area is 228 Å². The smallest absolute Gasteiger partial charge is 0.268 e. The van der Waals surface area contributed by atoms with Gasteiger partial charge in [-0.3, -0.25) is 14.2 Å². The predicted octanol–water partition coefficient (Wildman–Crippen LogP) is 4.86. The summed E-state index contributed by atoms with van der Waals surface area (Å²) in [6, 6.07) is 16.8. The van der Waals surface area contributed by atoms with Crippen molar-refractivity contribution in [2.75, 3.05) is 29.5 Å². The molecule has 0 bridgehead atoms. The number of nitrogens with zero attached hydrogens (tertiary/aromatic N) is 4. The first-order chi connectivity index (χ1) is 18.2. The Morgan fingerprint density at radius 1 is 0.947 bits per heavy atom. The van der Waals surface area contributed by atoms with Crippen LogP contribution in [-0.2, 0) is 9.84 Å². The van der Waals surface area contributed by atoms with Crippen molar-refractivity contribution in [1.29, 1.82) is 0 Å². The number of pyridine rings is 2. The van der Waals surface area contributed by atoms with Gasteiger partial charge in [-0.05, 0) is 42.0 Å². The van der Waals surface area contributed by atoms with Gasteiger partial charge in [0.25, 0.3) is 5.91 Å². The zero-order valence-electron chi connectivity index (χ0n) is 19.9. The number of carbonyl (C=O) groups is 1. The van der Waals surface area contributed by atoms with Crippen LogP contribution < -0.4 is 10.6 Å². The Bertz CT molecular complexity index is 1820. The number of hydrogen-bond acceptors (Lipinski definition) is 6. The third-order valence-electron chi connectivity index (χ3n) is 6.80. The number of fused-ring (bicyclic) bond motifs is 3. The maximum absolute atomic E-state index is 12.5. The third-order valence-corrected chi connectivity index (χ3v) is 9.03. The highest BCUT2D eigenvalue weighted by atomic mass is 35.5. The molecule has 3 aromatic heterocycles. The number of carbonyl (C=O) groups excluding carboxylic acids is 1. The van der Waals surface area contributed by atoms with E-state index in [1.807, 2.05) is 30.3 Å². The number of benzene rings is 2. The molecule has 1 fully saturated rings. The van der Waals surface area contributed by atoms with Gasteiger partial charge in [-0.1, -0.05) is 41.4 Å². The second kappa shape index (κ2) is 9.27. The number of rotatable bonds is 4. The summed E-state index contributed by atoms with van der Waals surface area (Å²) in [4.78, 5) is 24.0. The highest BCUT2D eigenvalue weighted by Crippen LogP contribution is 2.37. The van der Waals surface area contributed by atoms with E-state index in [0.29, 0.717) is 45.6 Å². The van der Waals surface area contributed by atoms with Gasteiger partial charge in [-0.2, -0.15) is 0 Å². The first kappa shape index (κ1) is 24.7. The molecule has 0 radical (unpaired) electrons. The van der Waals surface area contributed by atoms with Crippen LogP contribution in [0, 0.1) is 0 Å². The van der Waals surface area contributed by atoms with Crippen LogP contribution in [0.5, 0.6) is 0 Å². The molecule has 1 aliphatic rings. The van der Waals surface area contributed by atoms with E-state index in [1.54, 1.807) is 41.1 Å². The number of amides is 1. The zero-order valence-corrected chi connectivity index (χ0v) is 22.3. The van der Waals surface area contributed by atoms with E-state index in [1.165, 1.54) is 0 Å². The highest BCUT2D eigenvalue weighted by molar-refractivity contribution is 7.91. The van der Waals surface area contributed by atoms with E-state index >= 15 is 0 Å². The largest absolute Gasteiger partial charge is 0.369 e. The number of primary amides is 1. The summed E-state index contributed by atoms with van der Waals surface area (Å²) in [5.41, 5.74) is 10.7. The fourth-order valence-corrected chi connectivity index (χ4v) is 6.60. The van der Waals surface area contributed by atoms with Crippen molar-refractivity contribution in [2.24, 2.45) is 5.73 Å². The fraction of sp³-hybridized carbons (Fsp3) is 0.148. The van der Waals surface area contributed by atoms with Crippen LogP contribution in [0.25, 0.3) is 38.9 Å². The van der Waals surface area contributed by atoms with Crippen LogP contribution in [-0.4, -0.2) is 53.3 Å². The van der Waals surface area contributed by atoms with Crippen molar-refractivity contribution < 1.29 is 13.2 Å². The number of nitrogens with two attached hydrogens (primary N) is 1. The van der Waals surface area contributed by atoms with Crippen molar-refractivity contribution in [3.05, 3.63) is 82.7 Å². The number of imidazole rings is 1. The molecule has 1 saturated heterocycles. The van der Waals surface area contributed by atoms with Gasteiger partial charge in [0, 0.05) is 47.7 Å². The number of sulfone groups is 1. The molecule has 1 aliphatic heterocycles. The monoisotopic (exact) mass is 565 g/mol. The fourth-order valence-electron chi connectivity index (χ4n) is 4.83. The normalized spacial score (nSPS) is 15.3. The molecule has 0 saturated carbocycles. The van der Waals surface area contributed by atoms with Crippen molar-refractivity contribution in [1.82, 2.24) is 14.4 Å². The van der Waals surface area contributed by atoms with Crippen LogP contribution in [0.3, 0.4) is 0 Å². The summed E-state index contributed by atoms with van der Waals surface area (Å²) in [6.45, 7) is 0.966. The molecule has 1 amide bonds. The van der Waals surface area contributed by atoms with E-state index in [9.17, 15) is 13.2 Å². The molecule has 8 nitrogen and oxygen atoms in total. The van der Waals surface area contributed by atoms with Crippen molar-refractivity contribution in [3.8, 4) is 22.4 Å². The van der Waals surface area contributed by atoms with Gasteiger partial charge in [0.1, 0.15) is 17.0 Å². The second-order valence-electron chi connectivity index (χ2n) is 9.12. The summed E-state index contributed by atoms with van der Waals surface area (Å²) in [7, 11) is -2.94. The summed E-state index contributed by atoms with van der Waals surface area (Å²) in [5.74, 6) is -0.329. The van der Waals surface area contributed by atoms with E-state index in [-0.39, 0.29) is 17.2 Å². The summed E-state index contributed by atoms with van der Waals surface area (Å²) in [5, 5.41) is 1.45. The summed E-state index contributed by atoms with van der Waals surface area (Å²) in [6.07, 6.45) is 3.49. The Kier molecular flexibility index (Phi) is 6.02. The molecule has 5 aromatic rings. The van der Waals surface area contributed by atoms with Gasteiger partial charge in [-0.15, -0.1) is 0 Å². The maximum atomic E-state index is 12.5. The van der Waals surface area contributed by atoms with Crippen LogP contribution >= 0.6 is 23.2 Å². The molecule has 0 unspecified atom stereocenters. The predicted molar refractivity (Wildman–Crippen MR) is 151 cm³/mol. The quantitative estimate of drug-likeness (QED) is 0.333. The number of halogens is 2. The number of anilines is 1. The maximum Gasteiger partial charge on any atom is 0.268 e. The van der Waals surface area contributed by atoms with Gasteiger partial charge >= 0.3 is 0 Å². The minimum atomic E-state index is -2.94. The molecule has 2 N–H and O–H groups in total. The third kappa shape index (κ3) is 4.26. The van der Waals surface area contributed by atoms with Gasteiger partial charge in [0.15, 0.2) is 9.84 Å². The Morgan fingerprint density at radius 3 is 2.29 bits per heavy atom. The average molecular weight is 566 g/mol. The van der Waals surface area contributed by atoms with Gasteiger partial charge in [0.2, 0.25) is 0 Å². The molecule has 11 heteroatoms. The molecule has 0 atom stereocenters. The van der Waals surface area contributed by atoms with E-state index in [4.69, 9.17) is 33.9 Å². The van der Waals surface area contributed by atoms with Crippen LogP contribution in [0.4, 0.5) is 5.69 Å². The van der Waals surface area contributed by atoms with E-state index < -0.39 is 15.7 Å². The molecular weight excluding hydrogens is 545 g/mol. The molecular formula is C27H21Cl2N5O3S. The van der Waals surface area contributed by atoms with E-state index in [0.717, 1.165) is 22.2 Å². The SMILES string of the molecule is NC(=O)c1c(-c2c(Cl)cccc2Cl)nc2c3cc(-c4ccc(N5CCS(=O)(=O)CC5)cc4)cnc3ccn12. The second-order valence-corrected chi connectivity index (χ2v) is 12.2. The zero-order chi connectivity index (χ0) is 26.6. The van der Waals surface area contributed by atoms with Gasteiger partial charge in [-0.25, -0.2) is 13.4 Å². The minimum absolute atomic E-state index is 0.165. The highest BCUT2D eigenvalue weighted by Gasteiger charge is 2.24. The lowest BCUT2D eigenvalue weighted by molar-refractivity contribution is 0.0995. The summed E-state index contributed by atoms with van der Waals surface area (Å²) >= 11 is 12.9. The molecule has 38 heavy (non-hydrogen) atoms. The average Bonchev–Trinajstić information content (AvgIpc) is 3.28. The summed E-state index contributed by atoms with van der Waals surface area (Å²) < 4.78 is 25.2. The number of hydrogen-bond donors (Lipinski definition) is 1. The first-order valence-electron chi connectivity index (χ1n) is 11.8. The molecule has 6 rings (SSSR count). The molecule has 192 valence electrons. The lowest BCUT2D eigenvalue weighted by atomic mass is 10.1. The lowest BCUT2D eigenvalue weighted by Crippen LogP contribution is -2.40. The van der Waals surface area contributed by atoms with Crippen LogP contribution in [0.1, 0.15) is 10.5 Å². The number of aromatic nitrogens is 3. The van der Waals surface area contributed by atoms with E-state index in [2.05, 4.69) is 9.88 Å². The van der Waals surface area contributed by atoms with Gasteiger partial charge < -0.3 is 10.6 Å². The van der Waals surface area contributed by atoms with Crippen molar-refractivity contribution in [2.45, 2.75) is 0 Å². The standard InChI is InChI=1S/C27H21Cl2N5O3S/c28-20-2-1-3-21(29)23(20)24-25(26(30)35)34-9-8-22-19(27(34)32-24)14-17(15-31-22)16-4-6-18(7-5-16)33-10-12-38(36,37)13-11-33/h1-9,14-15H,10-13H2,(H2,30,35). The van der Waals surface area contributed by atoms with Gasteiger partial charge in [0.05, 0.1) is 27.1 Å². The Morgan fingerprint density at radius 2 is 1.63 bits per heavy atom. The Hall–Kier alpha value is -3.66. The minimum Gasteiger partial charge on any atom is -0.369 e. The van der Waals surface area contributed by atoms with Crippen molar-refractivity contribution >= 4 is 61.2 Å².